The van der Waals surface area contributed by atoms with Gasteiger partial charge in [0.05, 0.1) is 12.3 Å². The standard InChI is InChI=1S/C14H23N3O/c1-3-18-10-13-9-17(6-11-4-5-11)8-12-7-16(2)15-14(12)13/h7,11,13H,3-6,8-10H2,1-2H3/t13-/m0/s1. The predicted octanol–water partition coefficient (Wildman–Crippen LogP) is 1.77. The predicted molar refractivity (Wildman–Crippen MR) is 70.4 cm³/mol. The van der Waals surface area contributed by atoms with E-state index in [1.807, 2.05) is 11.7 Å². The highest BCUT2D eigenvalue weighted by Crippen LogP contribution is 2.33. The third kappa shape index (κ3) is 2.59. The van der Waals surface area contributed by atoms with Crippen LogP contribution in [0.2, 0.25) is 0 Å². The summed E-state index contributed by atoms with van der Waals surface area (Å²) in [5.74, 6) is 1.41. The number of fused-ring (bicyclic) bond motifs is 1. The summed E-state index contributed by atoms with van der Waals surface area (Å²) in [5.41, 5.74) is 2.66. The van der Waals surface area contributed by atoms with E-state index in [-0.39, 0.29) is 0 Å². The summed E-state index contributed by atoms with van der Waals surface area (Å²) in [5, 5.41) is 4.62. The molecule has 0 radical (unpaired) electrons. The van der Waals surface area contributed by atoms with Crippen molar-refractivity contribution < 1.29 is 4.74 Å². The molecule has 3 rings (SSSR count). The first-order valence-corrected chi connectivity index (χ1v) is 7.08. The Balaban J connectivity index is 1.73. The van der Waals surface area contributed by atoms with Crippen LogP contribution in [0.1, 0.15) is 36.9 Å². The van der Waals surface area contributed by atoms with Crippen molar-refractivity contribution in [2.24, 2.45) is 13.0 Å². The van der Waals surface area contributed by atoms with Gasteiger partial charge in [-0.05, 0) is 25.7 Å². The zero-order chi connectivity index (χ0) is 12.5. The second-order valence-electron chi connectivity index (χ2n) is 5.71. The number of aromatic nitrogens is 2. The molecule has 0 saturated heterocycles. The van der Waals surface area contributed by atoms with E-state index in [9.17, 15) is 0 Å². The lowest BCUT2D eigenvalue weighted by molar-refractivity contribution is 0.104. The minimum absolute atomic E-state index is 0.452. The maximum absolute atomic E-state index is 5.63. The highest BCUT2D eigenvalue weighted by atomic mass is 16.5. The van der Waals surface area contributed by atoms with E-state index in [2.05, 4.69) is 23.1 Å². The van der Waals surface area contributed by atoms with E-state index in [1.165, 1.54) is 30.6 Å². The van der Waals surface area contributed by atoms with Crippen molar-refractivity contribution >= 4 is 0 Å². The third-order valence-electron chi connectivity index (χ3n) is 3.93. The Labute approximate surface area is 109 Å². The number of nitrogens with zero attached hydrogens (tertiary/aromatic N) is 3. The first-order chi connectivity index (χ1) is 8.76. The van der Waals surface area contributed by atoms with Crippen LogP contribution >= 0.6 is 0 Å². The molecule has 0 amide bonds. The Morgan fingerprint density at radius 3 is 3.00 bits per heavy atom. The molecular weight excluding hydrogens is 226 g/mol. The largest absolute Gasteiger partial charge is 0.381 e. The third-order valence-corrected chi connectivity index (χ3v) is 3.93. The lowest BCUT2D eigenvalue weighted by Gasteiger charge is -2.31. The van der Waals surface area contributed by atoms with Gasteiger partial charge in [0.2, 0.25) is 0 Å². The summed E-state index contributed by atoms with van der Waals surface area (Å²) in [6.45, 7) is 7.10. The lowest BCUT2D eigenvalue weighted by atomic mass is 9.97. The molecule has 1 atom stereocenters. The number of hydrogen-bond donors (Lipinski definition) is 0. The SMILES string of the molecule is CCOC[C@@H]1CN(CC2CC2)Cc2cn(C)nc21. The summed E-state index contributed by atoms with van der Waals surface area (Å²) in [7, 11) is 2.02. The highest BCUT2D eigenvalue weighted by molar-refractivity contribution is 5.24. The van der Waals surface area contributed by atoms with Crippen LogP contribution in [0, 0.1) is 5.92 Å². The highest BCUT2D eigenvalue weighted by Gasteiger charge is 2.31. The number of aryl methyl sites for hydroxylation is 1. The molecule has 0 unspecified atom stereocenters. The Morgan fingerprint density at radius 2 is 2.28 bits per heavy atom. The Kier molecular flexibility index (Phi) is 3.39. The van der Waals surface area contributed by atoms with Gasteiger partial charge in [0, 0.05) is 51.0 Å². The number of rotatable bonds is 5. The number of hydrogen-bond acceptors (Lipinski definition) is 3. The molecule has 1 aliphatic heterocycles. The summed E-state index contributed by atoms with van der Waals surface area (Å²) in [6.07, 6.45) is 5.02. The first-order valence-electron chi connectivity index (χ1n) is 7.08. The summed E-state index contributed by atoms with van der Waals surface area (Å²) in [4.78, 5) is 2.59. The Morgan fingerprint density at radius 1 is 1.44 bits per heavy atom. The van der Waals surface area contributed by atoms with Gasteiger partial charge in [-0.2, -0.15) is 5.10 Å². The molecule has 1 aromatic rings. The van der Waals surface area contributed by atoms with Gasteiger partial charge in [0.25, 0.3) is 0 Å². The number of ether oxygens (including phenoxy) is 1. The van der Waals surface area contributed by atoms with Crippen LogP contribution in [0.4, 0.5) is 0 Å². The van der Waals surface area contributed by atoms with Gasteiger partial charge in [-0.15, -0.1) is 0 Å². The van der Waals surface area contributed by atoms with E-state index < -0.39 is 0 Å². The van der Waals surface area contributed by atoms with Gasteiger partial charge < -0.3 is 4.74 Å². The van der Waals surface area contributed by atoms with E-state index in [0.29, 0.717) is 5.92 Å². The molecule has 100 valence electrons. The van der Waals surface area contributed by atoms with Gasteiger partial charge in [-0.25, -0.2) is 0 Å². The molecule has 0 N–H and O–H groups in total. The summed E-state index contributed by atoms with van der Waals surface area (Å²) >= 11 is 0. The van der Waals surface area contributed by atoms with Crippen molar-refractivity contribution in [1.82, 2.24) is 14.7 Å². The smallest absolute Gasteiger partial charge is 0.0736 e. The maximum atomic E-state index is 5.63. The molecule has 1 aromatic heterocycles. The minimum atomic E-state index is 0.452. The summed E-state index contributed by atoms with van der Waals surface area (Å²) < 4.78 is 7.58. The Bertz CT molecular complexity index is 411. The monoisotopic (exact) mass is 249 g/mol. The van der Waals surface area contributed by atoms with Gasteiger partial charge in [-0.1, -0.05) is 0 Å². The molecule has 1 aliphatic carbocycles. The van der Waals surface area contributed by atoms with Crippen LogP contribution in [0.3, 0.4) is 0 Å². The van der Waals surface area contributed by atoms with Crippen LogP contribution < -0.4 is 0 Å². The molecule has 18 heavy (non-hydrogen) atoms. The molecule has 1 fully saturated rings. The average molecular weight is 249 g/mol. The zero-order valence-corrected chi connectivity index (χ0v) is 11.4. The van der Waals surface area contributed by atoms with Gasteiger partial charge >= 0.3 is 0 Å². The Hall–Kier alpha value is -0.870. The molecule has 0 spiro atoms. The molecule has 2 heterocycles. The lowest BCUT2D eigenvalue weighted by Crippen LogP contribution is -2.36. The topological polar surface area (TPSA) is 30.3 Å². The molecule has 4 nitrogen and oxygen atoms in total. The van der Waals surface area contributed by atoms with Crippen LogP contribution in [0.15, 0.2) is 6.20 Å². The van der Waals surface area contributed by atoms with Crippen LogP contribution in [0.5, 0.6) is 0 Å². The summed E-state index contributed by atoms with van der Waals surface area (Å²) in [6, 6.07) is 0. The molecular formula is C14H23N3O. The van der Waals surface area contributed by atoms with Crippen molar-refractivity contribution in [3.05, 3.63) is 17.5 Å². The van der Waals surface area contributed by atoms with Crippen LogP contribution in [0.25, 0.3) is 0 Å². The van der Waals surface area contributed by atoms with Crippen molar-refractivity contribution in [2.75, 3.05) is 26.3 Å². The molecule has 0 bridgehead atoms. The normalized spacial score (nSPS) is 24.2. The van der Waals surface area contributed by atoms with E-state index in [1.54, 1.807) is 0 Å². The van der Waals surface area contributed by atoms with Crippen molar-refractivity contribution in [1.29, 1.82) is 0 Å². The van der Waals surface area contributed by atoms with Crippen molar-refractivity contribution in [3.63, 3.8) is 0 Å². The molecule has 0 aromatic carbocycles. The fraction of sp³-hybridized carbons (Fsp3) is 0.786. The van der Waals surface area contributed by atoms with Gasteiger partial charge in [0.1, 0.15) is 0 Å². The van der Waals surface area contributed by atoms with E-state index >= 15 is 0 Å². The van der Waals surface area contributed by atoms with E-state index in [4.69, 9.17) is 4.74 Å². The molecule has 4 heteroatoms. The van der Waals surface area contributed by atoms with E-state index in [0.717, 1.165) is 32.2 Å². The zero-order valence-electron chi connectivity index (χ0n) is 11.4. The van der Waals surface area contributed by atoms with Crippen molar-refractivity contribution in [2.45, 2.75) is 32.2 Å². The second kappa shape index (κ2) is 5.02. The first kappa shape index (κ1) is 12.2. The molecule has 1 saturated carbocycles. The van der Waals surface area contributed by atoms with Crippen molar-refractivity contribution in [3.8, 4) is 0 Å². The fourth-order valence-electron chi connectivity index (χ4n) is 2.92. The van der Waals surface area contributed by atoms with Crippen LogP contribution in [-0.4, -0.2) is 41.0 Å². The van der Waals surface area contributed by atoms with Crippen LogP contribution in [-0.2, 0) is 18.3 Å². The molecule has 2 aliphatic rings. The average Bonchev–Trinajstić information content (AvgIpc) is 3.06. The fourth-order valence-corrected chi connectivity index (χ4v) is 2.92. The quantitative estimate of drug-likeness (QED) is 0.796. The second-order valence-corrected chi connectivity index (χ2v) is 5.71. The van der Waals surface area contributed by atoms with Gasteiger partial charge in [0.15, 0.2) is 0 Å². The van der Waals surface area contributed by atoms with Gasteiger partial charge in [-0.3, -0.25) is 9.58 Å². The minimum Gasteiger partial charge on any atom is -0.381 e. The maximum Gasteiger partial charge on any atom is 0.0736 e.